The number of hydrogen-bond acceptors (Lipinski definition) is 9. The lowest BCUT2D eigenvalue weighted by atomic mass is 10.0. The first kappa shape index (κ1) is 33.3. The van der Waals surface area contributed by atoms with E-state index in [0.29, 0.717) is 0 Å². The molecule has 0 heterocycles. The Morgan fingerprint density at radius 2 is 0.659 bits per heavy atom. The van der Waals surface area contributed by atoms with E-state index in [2.05, 4.69) is 0 Å². The van der Waals surface area contributed by atoms with Gasteiger partial charge in [-0.1, -0.05) is 0 Å². The minimum atomic E-state index is -0.820. The van der Waals surface area contributed by atoms with Gasteiger partial charge in [0.1, 0.15) is 33.9 Å². The van der Waals surface area contributed by atoms with Crippen LogP contribution in [0.4, 0.5) is 0 Å². The highest BCUT2D eigenvalue weighted by Gasteiger charge is 2.29. The van der Waals surface area contributed by atoms with Crippen molar-refractivity contribution in [3.8, 4) is 11.5 Å². The van der Waals surface area contributed by atoms with Crippen LogP contribution in [-0.4, -0.2) is 46.3 Å². The van der Waals surface area contributed by atoms with Gasteiger partial charge in [0.15, 0.2) is 0 Å². The maximum Gasteiger partial charge on any atom is 0.339 e. The van der Waals surface area contributed by atoms with E-state index in [1.807, 2.05) is 0 Å². The molecule has 2 aromatic carbocycles. The fourth-order valence-electron chi connectivity index (χ4n) is 3.34. The van der Waals surface area contributed by atoms with Gasteiger partial charge < -0.3 is 23.7 Å². The van der Waals surface area contributed by atoms with Gasteiger partial charge in [0.25, 0.3) is 0 Å². The average Bonchev–Trinajstić information content (AvgIpc) is 2.74. The van der Waals surface area contributed by atoms with Crippen molar-refractivity contribution in [2.24, 2.45) is 0 Å². The van der Waals surface area contributed by atoms with Gasteiger partial charge in [0.05, 0.1) is 22.3 Å². The lowest BCUT2D eigenvalue weighted by Gasteiger charge is -2.23. The molecule has 0 atom stereocenters. The zero-order valence-corrected chi connectivity index (χ0v) is 26.1. The molecule has 0 spiro atoms. The maximum atomic E-state index is 13.1. The van der Waals surface area contributed by atoms with Gasteiger partial charge in [-0.3, -0.25) is 0 Å². The second kappa shape index (κ2) is 11.9. The largest absolute Gasteiger partial charge is 0.457 e. The molecule has 0 unspecified atom stereocenters. The molecule has 41 heavy (non-hydrogen) atoms. The predicted octanol–water partition coefficient (Wildman–Crippen LogP) is 7.30. The van der Waals surface area contributed by atoms with Crippen LogP contribution in [0.2, 0.25) is 0 Å². The quantitative estimate of drug-likeness (QED) is 0.261. The summed E-state index contributed by atoms with van der Waals surface area (Å²) in [6, 6.07) is 8.52. The lowest BCUT2D eigenvalue weighted by molar-refractivity contribution is 0.00181. The van der Waals surface area contributed by atoms with Crippen molar-refractivity contribution in [1.82, 2.24) is 0 Å². The van der Waals surface area contributed by atoms with Crippen LogP contribution in [0.25, 0.3) is 0 Å². The summed E-state index contributed by atoms with van der Waals surface area (Å²) < 4.78 is 27.9. The first-order valence-corrected chi connectivity index (χ1v) is 13.3. The van der Waals surface area contributed by atoms with Gasteiger partial charge in [-0.05, 0) is 119 Å². The predicted molar refractivity (Wildman–Crippen MR) is 154 cm³/mol. The first-order valence-electron chi connectivity index (χ1n) is 13.3. The van der Waals surface area contributed by atoms with Gasteiger partial charge in [0, 0.05) is 0 Å². The lowest BCUT2D eigenvalue weighted by Crippen LogP contribution is -2.28. The Morgan fingerprint density at radius 1 is 0.415 bits per heavy atom. The zero-order valence-electron chi connectivity index (χ0n) is 26.1. The summed E-state index contributed by atoms with van der Waals surface area (Å²) in [5.41, 5.74) is -3.30. The number of ether oxygens (including phenoxy) is 5. The molecule has 0 saturated carbocycles. The molecule has 0 bridgehead atoms. The molecule has 0 aliphatic heterocycles. The van der Waals surface area contributed by atoms with Gasteiger partial charge >= 0.3 is 23.9 Å². The average molecular weight is 571 g/mol. The third-order valence-electron chi connectivity index (χ3n) is 4.69. The Kier molecular flexibility index (Phi) is 9.69. The number of carbonyl (C=O) groups is 4. The summed E-state index contributed by atoms with van der Waals surface area (Å²) in [5, 5.41) is 0. The van der Waals surface area contributed by atoms with Crippen LogP contribution in [0, 0.1) is 0 Å². The number of esters is 4. The van der Waals surface area contributed by atoms with E-state index < -0.39 is 46.3 Å². The summed E-state index contributed by atoms with van der Waals surface area (Å²) >= 11 is 0. The smallest absolute Gasteiger partial charge is 0.339 e. The van der Waals surface area contributed by atoms with Crippen molar-refractivity contribution in [2.75, 3.05) is 0 Å². The molecule has 2 rings (SSSR count). The highest BCUT2D eigenvalue weighted by molar-refractivity contribution is 6.04. The van der Waals surface area contributed by atoms with Crippen LogP contribution in [0.5, 0.6) is 11.5 Å². The number of hydrogen-bond donors (Lipinski definition) is 0. The fraction of sp³-hybridized carbons (Fsp3) is 0.500. The Morgan fingerprint density at radius 3 is 0.902 bits per heavy atom. The van der Waals surface area contributed by atoms with E-state index in [-0.39, 0.29) is 33.8 Å². The van der Waals surface area contributed by atoms with Gasteiger partial charge in [0.2, 0.25) is 0 Å². The van der Waals surface area contributed by atoms with Crippen molar-refractivity contribution in [3.63, 3.8) is 0 Å². The molecular formula is C32H42O9. The van der Waals surface area contributed by atoms with Gasteiger partial charge in [-0.2, -0.15) is 0 Å². The summed E-state index contributed by atoms with van der Waals surface area (Å²) in [4.78, 5) is 51.9. The van der Waals surface area contributed by atoms with E-state index in [0.717, 1.165) is 0 Å². The number of benzene rings is 2. The van der Waals surface area contributed by atoms with Crippen LogP contribution in [0.15, 0.2) is 36.4 Å². The van der Waals surface area contributed by atoms with Crippen LogP contribution < -0.4 is 4.74 Å². The summed E-state index contributed by atoms with van der Waals surface area (Å²) in [6.45, 7) is 20.6. The van der Waals surface area contributed by atoms with E-state index in [1.165, 1.54) is 36.4 Å². The standard InChI is InChI=1S/C32H42O9/c1-29(2,3)38-25(33)21-15-13-19(17-23(21)27(35)40-31(7,8)9)37-20-14-16-22(26(34)39-30(4,5)6)24(18-20)28(36)41-32(10,11)12/h13-18H,1-12H3. The highest BCUT2D eigenvalue weighted by atomic mass is 16.6. The number of carbonyl (C=O) groups excluding carboxylic acids is 4. The Hall–Kier alpha value is -3.88. The molecule has 0 radical (unpaired) electrons. The maximum absolute atomic E-state index is 13.1. The topological polar surface area (TPSA) is 114 Å². The third-order valence-corrected chi connectivity index (χ3v) is 4.69. The van der Waals surface area contributed by atoms with Crippen molar-refractivity contribution < 1.29 is 42.9 Å². The monoisotopic (exact) mass is 570 g/mol. The molecule has 0 fully saturated rings. The SMILES string of the molecule is CC(C)(C)OC(=O)c1ccc(Oc2ccc(C(=O)OC(C)(C)C)c(C(=O)OC(C)(C)C)c2)cc1C(=O)OC(C)(C)C. The molecular weight excluding hydrogens is 528 g/mol. The van der Waals surface area contributed by atoms with Gasteiger partial charge in [-0.15, -0.1) is 0 Å². The fourth-order valence-corrected chi connectivity index (χ4v) is 3.34. The van der Waals surface area contributed by atoms with Crippen molar-refractivity contribution in [2.45, 2.75) is 105 Å². The van der Waals surface area contributed by atoms with Crippen molar-refractivity contribution in [3.05, 3.63) is 58.7 Å². The number of rotatable bonds is 6. The zero-order chi connectivity index (χ0) is 31.6. The summed E-state index contributed by atoms with van der Waals surface area (Å²) in [5.74, 6) is -2.51. The molecule has 224 valence electrons. The normalized spacial score (nSPS) is 12.3. The third kappa shape index (κ3) is 10.9. The van der Waals surface area contributed by atoms with Crippen molar-refractivity contribution in [1.29, 1.82) is 0 Å². The summed E-state index contributed by atoms with van der Waals surface area (Å²) in [7, 11) is 0. The Bertz CT molecular complexity index is 1210. The second-order valence-electron chi connectivity index (χ2n) is 13.5. The van der Waals surface area contributed by atoms with Crippen LogP contribution in [-0.2, 0) is 18.9 Å². The van der Waals surface area contributed by atoms with Crippen LogP contribution in [0.1, 0.15) is 125 Å². The molecule has 0 amide bonds. The van der Waals surface area contributed by atoms with E-state index in [9.17, 15) is 19.2 Å². The van der Waals surface area contributed by atoms with Crippen LogP contribution >= 0.6 is 0 Å². The minimum absolute atomic E-state index is 0.0104. The minimum Gasteiger partial charge on any atom is -0.457 e. The molecule has 0 aliphatic carbocycles. The molecule has 9 nitrogen and oxygen atoms in total. The van der Waals surface area contributed by atoms with E-state index in [4.69, 9.17) is 23.7 Å². The van der Waals surface area contributed by atoms with Crippen LogP contribution in [0.3, 0.4) is 0 Å². The highest BCUT2D eigenvalue weighted by Crippen LogP contribution is 2.30. The molecule has 9 heteroatoms. The van der Waals surface area contributed by atoms with Gasteiger partial charge in [-0.25, -0.2) is 19.2 Å². The van der Waals surface area contributed by atoms with E-state index in [1.54, 1.807) is 83.1 Å². The Labute approximate surface area is 242 Å². The Balaban J connectivity index is 2.56. The molecule has 0 aromatic heterocycles. The first-order chi connectivity index (χ1) is 18.4. The van der Waals surface area contributed by atoms with E-state index >= 15 is 0 Å². The molecule has 0 N–H and O–H groups in total. The molecule has 0 aliphatic rings. The van der Waals surface area contributed by atoms with Crippen molar-refractivity contribution >= 4 is 23.9 Å². The molecule has 0 saturated heterocycles. The second-order valence-corrected chi connectivity index (χ2v) is 13.5. The molecule has 2 aromatic rings. The summed E-state index contributed by atoms with van der Waals surface area (Å²) in [6.07, 6.45) is 0.